The molecule has 0 radical (unpaired) electrons. The molecule has 1 saturated heterocycles. The van der Waals surface area contributed by atoms with Crippen LogP contribution in [0, 0.1) is 6.92 Å². The number of piperidine rings is 1. The Balaban J connectivity index is 1.56. The number of aromatic nitrogens is 4. The Bertz CT molecular complexity index is 1410. The molecule has 1 aliphatic heterocycles. The number of hydrogen-bond donors (Lipinski definition) is 2. The first-order chi connectivity index (χ1) is 16.9. The highest BCUT2D eigenvalue weighted by Gasteiger charge is 2.31. The van der Waals surface area contributed by atoms with Crippen molar-refractivity contribution in [3.8, 4) is 11.3 Å². The number of nitrogens with one attached hydrogen (secondary N) is 1. The van der Waals surface area contributed by atoms with Gasteiger partial charge < -0.3 is 16.0 Å². The first-order valence-electron chi connectivity index (χ1n) is 11.7. The van der Waals surface area contributed by atoms with E-state index in [1.807, 2.05) is 40.6 Å². The van der Waals surface area contributed by atoms with Crippen LogP contribution in [0.1, 0.15) is 54.0 Å². The molecule has 9 heteroatoms. The number of carbonyl (C=O) groups is 2. The van der Waals surface area contributed by atoms with Crippen LogP contribution in [0.4, 0.5) is 11.6 Å². The van der Waals surface area contributed by atoms with Crippen LogP contribution in [0.25, 0.3) is 16.8 Å². The summed E-state index contributed by atoms with van der Waals surface area (Å²) in [6.45, 7) is 4.25. The third-order valence-corrected chi connectivity index (χ3v) is 6.47. The van der Waals surface area contributed by atoms with E-state index in [0.717, 1.165) is 36.2 Å². The molecule has 1 aromatic carbocycles. The lowest BCUT2D eigenvalue weighted by atomic mass is 10.0. The van der Waals surface area contributed by atoms with Gasteiger partial charge in [-0.05, 0) is 56.0 Å². The number of fused-ring (bicyclic) bond motifs is 1. The number of amides is 2. The first kappa shape index (κ1) is 22.5. The number of aryl methyl sites for hydroxylation is 1. The summed E-state index contributed by atoms with van der Waals surface area (Å²) in [6.07, 6.45) is 7.97. The van der Waals surface area contributed by atoms with E-state index in [9.17, 15) is 9.59 Å². The van der Waals surface area contributed by atoms with Gasteiger partial charge in [0.15, 0.2) is 0 Å². The number of likely N-dealkylation sites (tertiary alicyclic amines) is 1. The second-order valence-electron chi connectivity index (χ2n) is 8.77. The molecule has 0 spiro atoms. The number of hydrogen-bond acceptors (Lipinski definition) is 6. The van der Waals surface area contributed by atoms with E-state index in [0.29, 0.717) is 35.0 Å². The minimum Gasteiger partial charge on any atom is -0.382 e. The fraction of sp³-hybridized carbons (Fsp3) is 0.269. The van der Waals surface area contributed by atoms with Crippen molar-refractivity contribution in [1.82, 2.24) is 24.3 Å². The molecule has 1 atom stereocenters. The number of nitrogens with two attached hydrogens (primary N) is 1. The minimum absolute atomic E-state index is 0.0366. The number of benzene rings is 1. The Morgan fingerprint density at radius 3 is 2.71 bits per heavy atom. The zero-order chi connectivity index (χ0) is 24.5. The minimum atomic E-state index is -0.241. The van der Waals surface area contributed by atoms with Gasteiger partial charge in [-0.1, -0.05) is 12.1 Å². The van der Waals surface area contributed by atoms with Crippen molar-refractivity contribution in [2.45, 2.75) is 39.2 Å². The Morgan fingerprint density at radius 2 is 1.97 bits per heavy atom. The highest BCUT2D eigenvalue weighted by atomic mass is 16.2. The van der Waals surface area contributed by atoms with Gasteiger partial charge in [0, 0.05) is 43.2 Å². The summed E-state index contributed by atoms with van der Waals surface area (Å²) in [5, 5.41) is 2.81. The molecule has 35 heavy (non-hydrogen) atoms. The SMILES string of the molecule is CC(=O)N1CCCC[C@H]1c1nc(-c2ccc(C(=O)Nc3ccccn3)cc2C)c2c(N)nccn12. The van der Waals surface area contributed by atoms with E-state index in [4.69, 9.17) is 10.7 Å². The number of nitrogen functional groups attached to an aromatic ring is 1. The molecule has 0 aliphatic carbocycles. The summed E-state index contributed by atoms with van der Waals surface area (Å²) >= 11 is 0. The highest BCUT2D eigenvalue weighted by molar-refractivity contribution is 6.04. The molecule has 1 fully saturated rings. The summed E-state index contributed by atoms with van der Waals surface area (Å²) in [7, 11) is 0. The van der Waals surface area contributed by atoms with Crippen molar-refractivity contribution in [2.24, 2.45) is 0 Å². The number of rotatable bonds is 4. The Hall–Kier alpha value is -4.27. The van der Waals surface area contributed by atoms with Gasteiger partial charge in [0.1, 0.15) is 28.7 Å². The maximum atomic E-state index is 12.8. The molecule has 4 aromatic rings. The topological polar surface area (TPSA) is 119 Å². The molecule has 5 rings (SSSR count). The third-order valence-electron chi connectivity index (χ3n) is 6.47. The largest absolute Gasteiger partial charge is 0.382 e. The standard InChI is InChI=1S/C26H27N7O2/c1-16-15-18(26(35)30-21-8-3-5-11-28-21)9-10-19(16)22-23-24(27)29-12-14-33(23)25(31-22)20-7-4-6-13-32(20)17(2)34/h3,5,8-12,14-15,20H,4,6-7,13H2,1-2H3,(H2,27,29)(H,28,30,35)/t20-/m0/s1. The molecule has 1 aliphatic rings. The van der Waals surface area contributed by atoms with E-state index in [-0.39, 0.29) is 17.9 Å². The lowest BCUT2D eigenvalue weighted by molar-refractivity contribution is -0.132. The maximum absolute atomic E-state index is 12.8. The Morgan fingerprint density at radius 1 is 1.11 bits per heavy atom. The van der Waals surface area contributed by atoms with Crippen molar-refractivity contribution in [1.29, 1.82) is 0 Å². The van der Waals surface area contributed by atoms with Crippen LogP contribution in [0.3, 0.4) is 0 Å². The van der Waals surface area contributed by atoms with Gasteiger partial charge in [0.05, 0.1) is 6.04 Å². The van der Waals surface area contributed by atoms with E-state index >= 15 is 0 Å². The summed E-state index contributed by atoms with van der Waals surface area (Å²) in [5.41, 5.74) is 9.96. The van der Waals surface area contributed by atoms with E-state index in [2.05, 4.69) is 15.3 Å². The summed E-state index contributed by atoms with van der Waals surface area (Å²) in [6, 6.07) is 10.7. The second kappa shape index (κ2) is 9.17. The molecular formula is C26H27N7O2. The van der Waals surface area contributed by atoms with E-state index in [1.165, 1.54) is 0 Å². The van der Waals surface area contributed by atoms with Crippen molar-refractivity contribution in [2.75, 3.05) is 17.6 Å². The van der Waals surface area contributed by atoms with Crippen LogP contribution in [0.2, 0.25) is 0 Å². The fourth-order valence-electron chi connectivity index (χ4n) is 4.78. The van der Waals surface area contributed by atoms with Crippen LogP contribution < -0.4 is 11.1 Å². The molecule has 0 saturated carbocycles. The van der Waals surface area contributed by atoms with Crippen LogP contribution in [0.5, 0.6) is 0 Å². The van der Waals surface area contributed by atoms with Gasteiger partial charge in [-0.25, -0.2) is 15.0 Å². The van der Waals surface area contributed by atoms with Crippen molar-refractivity contribution in [3.05, 3.63) is 71.9 Å². The molecule has 0 unspecified atom stereocenters. The molecule has 9 nitrogen and oxygen atoms in total. The van der Waals surface area contributed by atoms with Crippen LogP contribution >= 0.6 is 0 Å². The Kier molecular flexibility index (Phi) is 5.90. The van der Waals surface area contributed by atoms with Crippen LogP contribution in [-0.4, -0.2) is 42.6 Å². The predicted octanol–water partition coefficient (Wildman–Crippen LogP) is 4.01. The molecule has 0 bridgehead atoms. The smallest absolute Gasteiger partial charge is 0.256 e. The van der Waals surface area contributed by atoms with Crippen LogP contribution in [0.15, 0.2) is 55.0 Å². The van der Waals surface area contributed by atoms with Gasteiger partial charge in [-0.3, -0.25) is 14.0 Å². The second-order valence-corrected chi connectivity index (χ2v) is 8.77. The predicted molar refractivity (Wildman–Crippen MR) is 134 cm³/mol. The number of carbonyl (C=O) groups excluding carboxylic acids is 2. The average molecular weight is 470 g/mol. The van der Waals surface area contributed by atoms with Crippen LogP contribution in [-0.2, 0) is 4.79 Å². The normalized spacial score (nSPS) is 15.8. The number of anilines is 2. The zero-order valence-corrected chi connectivity index (χ0v) is 19.7. The third kappa shape index (κ3) is 4.21. The van der Waals surface area contributed by atoms with E-state index in [1.54, 1.807) is 37.5 Å². The highest BCUT2D eigenvalue weighted by Crippen LogP contribution is 2.36. The summed E-state index contributed by atoms with van der Waals surface area (Å²) in [5.74, 6) is 1.42. The van der Waals surface area contributed by atoms with E-state index < -0.39 is 0 Å². The monoisotopic (exact) mass is 469 g/mol. The van der Waals surface area contributed by atoms with Gasteiger partial charge in [-0.15, -0.1) is 0 Å². The van der Waals surface area contributed by atoms with Gasteiger partial charge in [-0.2, -0.15) is 0 Å². The van der Waals surface area contributed by atoms with Gasteiger partial charge in [0.2, 0.25) is 5.91 Å². The molecular weight excluding hydrogens is 442 g/mol. The number of imidazole rings is 1. The Labute approximate surface area is 203 Å². The van der Waals surface area contributed by atoms with Gasteiger partial charge >= 0.3 is 0 Å². The summed E-state index contributed by atoms with van der Waals surface area (Å²) in [4.78, 5) is 40.5. The average Bonchev–Trinajstić information content (AvgIpc) is 3.25. The quantitative estimate of drug-likeness (QED) is 0.466. The lowest BCUT2D eigenvalue weighted by Crippen LogP contribution is -2.37. The number of pyridine rings is 1. The molecule has 4 heterocycles. The molecule has 3 N–H and O–H groups in total. The van der Waals surface area contributed by atoms with Gasteiger partial charge in [0.25, 0.3) is 5.91 Å². The van der Waals surface area contributed by atoms with Crippen molar-refractivity contribution < 1.29 is 9.59 Å². The molecule has 3 aromatic heterocycles. The lowest BCUT2D eigenvalue weighted by Gasteiger charge is -2.34. The first-order valence-corrected chi connectivity index (χ1v) is 11.7. The van der Waals surface area contributed by atoms with Crippen molar-refractivity contribution in [3.63, 3.8) is 0 Å². The number of nitrogens with zero attached hydrogens (tertiary/aromatic N) is 5. The summed E-state index contributed by atoms with van der Waals surface area (Å²) < 4.78 is 1.95. The van der Waals surface area contributed by atoms with Crippen molar-refractivity contribution >= 4 is 29.0 Å². The molecule has 178 valence electrons. The maximum Gasteiger partial charge on any atom is 0.256 e. The zero-order valence-electron chi connectivity index (χ0n) is 19.7. The fourth-order valence-corrected chi connectivity index (χ4v) is 4.78. The molecule has 2 amide bonds.